The fourth-order valence-corrected chi connectivity index (χ4v) is 3.64. The molecule has 1 heterocycles. The molecule has 1 aromatic heterocycles. The van der Waals surface area contributed by atoms with Gasteiger partial charge in [0.1, 0.15) is 0 Å². The minimum atomic E-state index is -0.160. The monoisotopic (exact) mass is 370 g/mol. The fourth-order valence-electron chi connectivity index (χ4n) is 2.32. The summed E-state index contributed by atoms with van der Waals surface area (Å²) in [4.78, 5) is 15.7. The van der Waals surface area contributed by atoms with Crippen molar-refractivity contribution in [2.24, 2.45) is 0 Å². The summed E-state index contributed by atoms with van der Waals surface area (Å²) in [5.41, 5.74) is 0.866. The van der Waals surface area contributed by atoms with Gasteiger partial charge in [-0.25, -0.2) is 0 Å². The Labute approximate surface area is 151 Å². The van der Waals surface area contributed by atoms with Crippen molar-refractivity contribution in [3.8, 4) is 0 Å². The van der Waals surface area contributed by atoms with Crippen LogP contribution in [0.2, 0.25) is 10.0 Å². The summed E-state index contributed by atoms with van der Waals surface area (Å²) < 4.78 is 0. The number of amides is 1. The van der Waals surface area contributed by atoms with E-state index in [4.69, 9.17) is 23.2 Å². The molecular formula is C17H20Cl2N2OS. The van der Waals surface area contributed by atoms with E-state index in [-0.39, 0.29) is 11.9 Å². The van der Waals surface area contributed by atoms with Gasteiger partial charge in [0.2, 0.25) is 5.91 Å². The van der Waals surface area contributed by atoms with Crippen LogP contribution in [0.15, 0.2) is 35.7 Å². The maximum absolute atomic E-state index is 12.3. The smallest absolute Gasteiger partial charge is 0.234 e. The van der Waals surface area contributed by atoms with Gasteiger partial charge < -0.3 is 5.32 Å². The van der Waals surface area contributed by atoms with Crippen molar-refractivity contribution in [2.45, 2.75) is 26.4 Å². The lowest BCUT2D eigenvalue weighted by molar-refractivity contribution is -0.123. The van der Waals surface area contributed by atoms with Crippen LogP contribution in [0.5, 0.6) is 0 Å². The van der Waals surface area contributed by atoms with Crippen LogP contribution in [-0.4, -0.2) is 23.9 Å². The van der Waals surface area contributed by atoms with Crippen LogP contribution < -0.4 is 5.32 Å². The van der Waals surface area contributed by atoms with Crippen LogP contribution >= 0.6 is 34.5 Å². The SMILES string of the molecule is CCN(CC(=O)N[C@@H](C)c1ccc(Cl)cc1Cl)Cc1cccs1. The number of hydrogen-bond donors (Lipinski definition) is 1. The van der Waals surface area contributed by atoms with E-state index < -0.39 is 0 Å². The molecule has 0 unspecified atom stereocenters. The third-order valence-electron chi connectivity index (χ3n) is 3.58. The van der Waals surface area contributed by atoms with Crippen LogP contribution in [0.1, 0.15) is 30.3 Å². The van der Waals surface area contributed by atoms with E-state index in [2.05, 4.69) is 23.2 Å². The van der Waals surface area contributed by atoms with Gasteiger partial charge in [-0.05, 0) is 42.6 Å². The molecule has 3 nitrogen and oxygen atoms in total. The van der Waals surface area contributed by atoms with Gasteiger partial charge in [0.15, 0.2) is 0 Å². The first-order valence-corrected chi connectivity index (χ1v) is 9.12. The molecule has 0 aliphatic rings. The Morgan fingerprint density at radius 1 is 1.35 bits per heavy atom. The summed E-state index contributed by atoms with van der Waals surface area (Å²) in [6.45, 7) is 5.95. The summed E-state index contributed by atoms with van der Waals surface area (Å²) >= 11 is 13.8. The first kappa shape index (κ1) is 18.3. The highest BCUT2D eigenvalue weighted by atomic mass is 35.5. The third-order valence-corrected chi connectivity index (χ3v) is 5.00. The maximum Gasteiger partial charge on any atom is 0.234 e. The minimum absolute atomic E-state index is 0.0121. The van der Waals surface area contributed by atoms with Gasteiger partial charge in [-0.1, -0.05) is 42.3 Å². The molecule has 0 radical (unpaired) electrons. The van der Waals surface area contributed by atoms with Crippen molar-refractivity contribution in [1.82, 2.24) is 10.2 Å². The molecule has 2 aromatic rings. The van der Waals surface area contributed by atoms with E-state index in [1.165, 1.54) is 4.88 Å². The zero-order chi connectivity index (χ0) is 16.8. The van der Waals surface area contributed by atoms with Gasteiger partial charge in [0, 0.05) is 21.5 Å². The van der Waals surface area contributed by atoms with Crippen molar-refractivity contribution >= 4 is 40.4 Å². The van der Waals surface area contributed by atoms with Crippen LogP contribution in [-0.2, 0) is 11.3 Å². The normalized spacial score (nSPS) is 12.4. The number of likely N-dealkylation sites (N-methyl/N-ethyl adjacent to an activating group) is 1. The molecule has 6 heteroatoms. The van der Waals surface area contributed by atoms with Crippen molar-refractivity contribution in [3.63, 3.8) is 0 Å². The van der Waals surface area contributed by atoms with Gasteiger partial charge in [-0.15, -0.1) is 11.3 Å². The number of nitrogens with one attached hydrogen (secondary N) is 1. The second-order valence-corrected chi connectivity index (χ2v) is 7.21. The number of hydrogen-bond acceptors (Lipinski definition) is 3. The van der Waals surface area contributed by atoms with Crippen molar-refractivity contribution in [3.05, 3.63) is 56.2 Å². The molecule has 1 N–H and O–H groups in total. The quantitative estimate of drug-likeness (QED) is 0.762. The average Bonchev–Trinajstić information content (AvgIpc) is 2.99. The molecule has 0 fully saturated rings. The Hall–Kier alpha value is -1.07. The number of benzene rings is 1. The van der Waals surface area contributed by atoms with E-state index in [1.807, 2.05) is 24.4 Å². The molecule has 0 bridgehead atoms. The lowest BCUT2D eigenvalue weighted by Crippen LogP contribution is -2.37. The maximum atomic E-state index is 12.3. The third kappa shape index (κ3) is 5.50. The van der Waals surface area contributed by atoms with Crippen LogP contribution in [0.4, 0.5) is 0 Å². The van der Waals surface area contributed by atoms with Crippen molar-refractivity contribution in [2.75, 3.05) is 13.1 Å². The highest BCUT2D eigenvalue weighted by Gasteiger charge is 2.15. The molecule has 1 aromatic carbocycles. The predicted octanol–water partition coefficient (Wildman–Crippen LogP) is 4.75. The molecule has 0 aliphatic heterocycles. The molecule has 1 atom stereocenters. The van der Waals surface area contributed by atoms with E-state index in [9.17, 15) is 4.79 Å². The first-order valence-electron chi connectivity index (χ1n) is 7.48. The van der Waals surface area contributed by atoms with Gasteiger partial charge in [0.25, 0.3) is 0 Å². The number of nitrogens with zero attached hydrogens (tertiary/aromatic N) is 1. The number of carbonyl (C=O) groups is 1. The summed E-state index contributed by atoms with van der Waals surface area (Å²) in [5, 5.41) is 6.20. The zero-order valence-corrected chi connectivity index (χ0v) is 15.5. The summed E-state index contributed by atoms with van der Waals surface area (Å²) in [6, 6.07) is 9.27. The molecular weight excluding hydrogens is 351 g/mol. The molecule has 23 heavy (non-hydrogen) atoms. The standard InChI is InChI=1S/C17H20Cl2N2OS/c1-3-21(10-14-5-4-8-23-14)11-17(22)20-12(2)15-7-6-13(18)9-16(15)19/h4-9,12H,3,10-11H2,1-2H3,(H,20,22)/t12-/m0/s1. The number of rotatable bonds is 7. The second kappa shape index (κ2) is 8.69. The Bertz CT molecular complexity index is 646. The van der Waals surface area contributed by atoms with E-state index in [0.29, 0.717) is 16.6 Å². The average molecular weight is 371 g/mol. The van der Waals surface area contributed by atoms with Gasteiger partial charge in [-0.3, -0.25) is 9.69 Å². The molecule has 124 valence electrons. The first-order chi connectivity index (χ1) is 11.0. The summed E-state index contributed by atoms with van der Waals surface area (Å²) in [5.74, 6) is -0.0121. The van der Waals surface area contributed by atoms with Crippen molar-refractivity contribution in [1.29, 1.82) is 0 Å². The van der Waals surface area contributed by atoms with Crippen molar-refractivity contribution < 1.29 is 4.79 Å². The molecule has 0 aliphatic carbocycles. The Balaban J connectivity index is 1.92. The number of thiophene rings is 1. The van der Waals surface area contributed by atoms with Crippen LogP contribution in [0.25, 0.3) is 0 Å². The van der Waals surface area contributed by atoms with Crippen LogP contribution in [0.3, 0.4) is 0 Å². The highest BCUT2D eigenvalue weighted by molar-refractivity contribution is 7.09. The summed E-state index contributed by atoms with van der Waals surface area (Å²) in [7, 11) is 0. The lowest BCUT2D eigenvalue weighted by atomic mass is 10.1. The Morgan fingerprint density at radius 3 is 2.74 bits per heavy atom. The second-order valence-electron chi connectivity index (χ2n) is 5.34. The van der Waals surface area contributed by atoms with Gasteiger partial charge >= 0.3 is 0 Å². The highest BCUT2D eigenvalue weighted by Crippen LogP contribution is 2.26. The molecule has 0 spiro atoms. The molecule has 0 saturated heterocycles. The van der Waals surface area contributed by atoms with Crippen LogP contribution in [0, 0.1) is 0 Å². The fraction of sp³-hybridized carbons (Fsp3) is 0.353. The number of halogens is 2. The Kier molecular flexibility index (Phi) is 6.90. The topological polar surface area (TPSA) is 32.3 Å². The Morgan fingerprint density at radius 2 is 2.13 bits per heavy atom. The van der Waals surface area contributed by atoms with Gasteiger partial charge in [0.05, 0.1) is 12.6 Å². The van der Waals surface area contributed by atoms with E-state index >= 15 is 0 Å². The zero-order valence-electron chi connectivity index (χ0n) is 13.2. The van der Waals surface area contributed by atoms with E-state index in [1.54, 1.807) is 23.5 Å². The van der Waals surface area contributed by atoms with E-state index in [0.717, 1.165) is 18.7 Å². The predicted molar refractivity (Wildman–Crippen MR) is 98.3 cm³/mol. The minimum Gasteiger partial charge on any atom is -0.348 e. The summed E-state index contributed by atoms with van der Waals surface area (Å²) in [6.07, 6.45) is 0. The molecule has 2 rings (SSSR count). The molecule has 0 saturated carbocycles. The molecule has 1 amide bonds. The largest absolute Gasteiger partial charge is 0.348 e. The van der Waals surface area contributed by atoms with Gasteiger partial charge in [-0.2, -0.15) is 0 Å². The lowest BCUT2D eigenvalue weighted by Gasteiger charge is -2.21. The number of carbonyl (C=O) groups excluding carboxylic acids is 1.